The fraction of sp³-hybridized carbons (Fsp3) is 0.190. The van der Waals surface area contributed by atoms with Crippen LogP contribution in [-0.2, 0) is 4.79 Å². The molecule has 1 N–H and O–H groups in total. The van der Waals surface area contributed by atoms with Gasteiger partial charge in [0.25, 0.3) is 5.91 Å². The van der Waals surface area contributed by atoms with Crippen LogP contribution in [0.1, 0.15) is 25.5 Å². The first-order valence-corrected chi connectivity index (χ1v) is 8.24. The van der Waals surface area contributed by atoms with Gasteiger partial charge in [-0.25, -0.2) is 4.39 Å². The van der Waals surface area contributed by atoms with Crippen LogP contribution in [0.5, 0.6) is 5.75 Å². The van der Waals surface area contributed by atoms with Crippen molar-refractivity contribution in [3.8, 4) is 5.75 Å². The summed E-state index contributed by atoms with van der Waals surface area (Å²) in [6.45, 7) is 3.57. The van der Waals surface area contributed by atoms with Crippen molar-refractivity contribution in [2.75, 3.05) is 0 Å². The molecule has 0 saturated carbocycles. The fourth-order valence-corrected chi connectivity index (χ4v) is 2.66. The van der Waals surface area contributed by atoms with Crippen molar-refractivity contribution in [2.45, 2.75) is 26.0 Å². The van der Waals surface area contributed by atoms with Gasteiger partial charge in [0.15, 0.2) is 6.10 Å². The van der Waals surface area contributed by atoms with Gasteiger partial charge >= 0.3 is 0 Å². The van der Waals surface area contributed by atoms with Crippen LogP contribution in [0.4, 0.5) is 4.39 Å². The van der Waals surface area contributed by atoms with E-state index in [9.17, 15) is 9.18 Å². The van der Waals surface area contributed by atoms with E-state index in [1.165, 1.54) is 12.1 Å². The van der Waals surface area contributed by atoms with E-state index in [0.29, 0.717) is 5.75 Å². The predicted octanol–water partition coefficient (Wildman–Crippen LogP) is 4.62. The first-order chi connectivity index (χ1) is 12.0. The molecule has 3 nitrogen and oxygen atoms in total. The number of halogens is 1. The Bertz CT molecular complexity index is 876. The van der Waals surface area contributed by atoms with Crippen LogP contribution >= 0.6 is 0 Å². The SMILES string of the molecule is CC(Oc1ccc2ccccc2c1)C(=O)NC(C)c1ccc(F)cc1. The average molecular weight is 337 g/mol. The van der Waals surface area contributed by atoms with Gasteiger partial charge in [-0.2, -0.15) is 0 Å². The van der Waals surface area contributed by atoms with Crippen molar-refractivity contribution >= 4 is 16.7 Å². The summed E-state index contributed by atoms with van der Waals surface area (Å²) in [7, 11) is 0. The van der Waals surface area contributed by atoms with Crippen molar-refractivity contribution in [1.82, 2.24) is 5.32 Å². The minimum Gasteiger partial charge on any atom is -0.481 e. The lowest BCUT2D eigenvalue weighted by Gasteiger charge is -2.19. The number of carbonyl (C=O) groups excluding carboxylic acids is 1. The number of fused-ring (bicyclic) bond motifs is 1. The largest absolute Gasteiger partial charge is 0.481 e. The van der Waals surface area contributed by atoms with Gasteiger partial charge < -0.3 is 10.1 Å². The zero-order valence-electron chi connectivity index (χ0n) is 14.2. The summed E-state index contributed by atoms with van der Waals surface area (Å²) in [6, 6.07) is 19.6. The summed E-state index contributed by atoms with van der Waals surface area (Å²) in [5.74, 6) is 0.135. The zero-order chi connectivity index (χ0) is 17.8. The fourth-order valence-electron chi connectivity index (χ4n) is 2.66. The Morgan fingerprint density at radius 2 is 1.64 bits per heavy atom. The Kier molecular flexibility index (Phi) is 4.98. The van der Waals surface area contributed by atoms with Gasteiger partial charge in [-0.3, -0.25) is 4.79 Å². The minimum absolute atomic E-state index is 0.218. The molecule has 0 aliphatic heterocycles. The van der Waals surface area contributed by atoms with Crippen LogP contribution in [0.3, 0.4) is 0 Å². The van der Waals surface area contributed by atoms with Crippen LogP contribution in [-0.4, -0.2) is 12.0 Å². The van der Waals surface area contributed by atoms with E-state index in [2.05, 4.69) is 5.32 Å². The van der Waals surface area contributed by atoms with Crippen molar-refractivity contribution < 1.29 is 13.9 Å². The van der Waals surface area contributed by atoms with E-state index in [4.69, 9.17) is 4.74 Å². The van der Waals surface area contributed by atoms with Gasteiger partial charge in [-0.15, -0.1) is 0 Å². The number of carbonyl (C=O) groups is 1. The zero-order valence-corrected chi connectivity index (χ0v) is 14.2. The molecule has 0 aromatic heterocycles. The highest BCUT2D eigenvalue weighted by molar-refractivity contribution is 5.84. The highest BCUT2D eigenvalue weighted by Crippen LogP contribution is 2.21. The maximum absolute atomic E-state index is 13.0. The van der Waals surface area contributed by atoms with Gasteiger partial charge in [-0.1, -0.05) is 42.5 Å². The Hall–Kier alpha value is -2.88. The second-order valence-electron chi connectivity index (χ2n) is 6.05. The van der Waals surface area contributed by atoms with Gasteiger partial charge in [-0.05, 0) is 54.4 Å². The molecule has 0 radical (unpaired) electrons. The number of ether oxygens (including phenoxy) is 1. The number of rotatable bonds is 5. The lowest BCUT2D eigenvalue weighted by atomic mass is 10.1. The quantitative estimate of drug-likeness (QED) is 0.737. The van der Waals surface area contributed by atoms with Gasteiger partial charge in [0.05, 0.1) is 6.04 Å². The Labute approximate surface area is 146 Å². The minimum atomic E-state index is -0.635. The molecule has 2 atom stereocenters. The molecule has 0 aliphatic carbocycles. The predicted molar refractivity (Wildman–Crippen MR) is 97.0 cm³/mol. The lowest BCUT2D eigenvalue weighted by molar-refractivity contribution is -0.127. The average Bonchev–Trinajstić information content (AvgIpc) is 2.62. The molecule has 3 aromatic rings. The molecular weight excluding hydrogens is 317 g/mol. The molecule has 0 heterocycles. The van der Waals surface area contributed by atoms with Crippen molar-refractivity contribution in [1.29, 1.82) is 0 Å². The summed E-state index contributed by atoms with van der Waals surface area (Å²) in [5.41, 5.74) is 0.840. The van der Waals surface area contributed by atoms with E-state index >= 15 is 0 Å². The summed E-state index contributed by atoms with van der Waals surface area (Å²) in [4.78, 5) is 12.4. The number of benzene rings is 3. The topological polar surface area (TPSA) is 38.3 Å². The molecule has 2 unspecified atom stereocenters. The molecule has 3 rings (SSSR count). The molecule has 128 valence electrons. The van der Waals surface area contributed by atoms with E-state index in [1.54, 1.807) is 19.1 Å². The monoisotopic (exact) mass is 337 g/mol. The Morgan fingerprint density at radius 3 is 2.36 bits per heavy atom. The number of hydrogen-bond acceptors (Lipinski definition) is 2. The number of nitrogens with one attached hydrogen (secondary N) is 1. The van der Waals surface area contributed by atoms with Crippen molar-refractivity contribution in [2.24, 2.45) is 0 Å². The maximum Gasteiger partial charge on any atom is 0.261 e. The molecule has 1 amide bonds. The molecule has 0 spiro atoms. The molecule has 0 fully saturated rings. The van der Waals surface area contributed by atoms with E-state index < -0.39 is 6.10 Å². The molecule has 0 saturated heterocycles. The van der Waals surface area contributed by atoms with Crippen LogP contribution in [0.25, 0.3) is 10.8 Å². The molecule has 3 aromatic carbocycles. The molecule has 0 bridgehead atoms. The van der Waals surface area contributed by atoms with Gasteiger partial charge in [0, 0.05) is 0 Å². The van der Waals surface area contributed by atoms with Crippen molar-refractivity contribution in [3.63, 3.8) is 0 Å². The van der Waals surface area contributed by atoms with Crippen LogP contribution in [0.2, 0.25) is 0 Å². The molecular formula is C21H20FNO2. The molecule has 4 heteroatoms. The molecule has 0 aliphatic rings. The summed E-state index contributed by atoms with van der Waals surface area (Å²) in [5, 5.41) is 5.07. The maximum atomic E-state index is 13.0. The Morgan fingerprint density at radius 1 is 0.960 bits per heavy atom. The summed E-state index contributed by atoms with van der Waals surface area (Å²) < 4.78 is 18.8. The number of hydrogen-bond donors (Lipinski definition) is 1. The first-order valence-electron chi connectivity index (χ1n) is 8.24. The third kappa shape index (κ3) is 4.15. The summed E-state index contributed by atoms with van der Waals surface area (Å²) in [6.07, 6.45) is -0.635. The van der Waals surface area contributed by atoms with E-state index in [-0.39, 0.29) is 17.8 Å². The normalized spacial score (nSPS) is 13.2. The highest BCUT2D eigenvalue weighted by atomic mass is 19.1. The van der Waals surface area contributed by atoms with E-state index in [1.807, 2.05) is 49.4 Å². The van der Waals surface area contributed by atoms with Crippen LogP contribution < -0.4 is 10.1 Å². The first kappa shape index (κ1) is 17.0. The number of amides is 1. The van der Waals surface area contributed by atoms with Crippen molar-refractivity contribution in [3.05, 3.63) is 78.1 Å². The van der Waals surface area contributed by atoms with E-state index in [0.717, 1.165) is 16.3 Å². The summed E-state index contributed by atoms with van der Waals surface area (Å²) >= 11 is 0. The smallest absolute Gasteiger partial charge is 0.261 e. The van der Waals surface area contributed by atoms with Crippen LogP contribution in [0, 0.1) is 5.82 Å². The standard InChI is InChI=1S/C21H20FNO2/c1-14(16-7-10-19(22)11-8-16)23-21(24)15(2)25-20-12-9-17-5-3-4-6-18(17)13-20/h3-15H,1-2H3,(H,23,24). The van der Waals surface area contributed by atoms with Crippen LogP contribution in [0.15, 0.2) is 66.7 Å². The Balaban J connectivity index is 1.64. The second kappa shape index (κ2) is 7.34. The second-order valence-corrected chi connectivity index (χ2v) is 6.05. The van der Waals surface area contributed by atoms with Gasteiger partial charge in [0.2, 0.25) is 0 Å². The lowest BCUT2D eigenvalue weighted by Crippen LogP contribution is -2.37. The molecule has 25 heavy (non-hydrogen) atoms. The highest BCUT2D eigenvalue weighted by Gasteiger charge is 2.18. The third-order valence-corrected chi connectivity index (χ3v) is 4.13. The van der Waals surface area contributed by atoms with Gasteiger partial charge in [0.1, 0.15) is 11.6 Å². The third-order valence-electron chi connectivity index (χ3n) is 4.13.